The maximum atomic E-state index is 13.1. The first-order valence-electron chi connectivity index (χ1n) is 10.7. The first-order chi connectivity index (χ1) is 14.2. The van der Waals surface area contributed by atoms with E-state index in [2.05, 4.69) is 27.3 Å². The molecule has 1 atom stereocenters. The van der Waals surface area contributed by atoms with Crippen molar-refractivity contribution in [3.8, 4) is 0 Å². The molecule has 29 heavy (non-hydrogen) atoms. The van der Waals surface area contributed by atoms with Gasteiger partial charge in [-0.15, -0.1) is 11.3 Å². The monoisotopic (exact) mass is 420 g/mol. The molecule has 3 heterocycles. The number of β-amino-alcohol motifs (C(OH)–C–C–N with tert-alkyl or cyclic N) is 1. The van der Waals surface area contributed by atoms with E-state index in [9.17, 15) is 4.79 Å². The van der Waals surface area contributed by atoms with Gasteiger partial charge in [-0.2, -0.15) is 0 Å². The molecule has 3 aliphatic rings. The van der Waals surface area contributed by atoms with Crippen molar-refractivity contribution in [2.24, 2.45) is 5.92 Å². The molecule has 2 saturated heterocycles. The molecule has 1 aliphatic carbocycles. The predicted molar refractivity (Wildman–Crippen MR) is 114 cm³/mol. The molecule has 4 rings (SSSR count). The van der Waals surface area contributed by atoms with E-state index in [0.29, 0.717) is 11.8 Å². The normalized spacial score (nSPS) is 22.9. The Balaban J connectivity index is 0.000000755. The molecule has 0 saturated carbocycles. The number of aliphatic hydroxyl groups is 1. The fourth-order valence-corrected chi connectivity index (χ4v) is 5.87. The number of fused-ring (bicyclic) bond motifs is 1. The van der Waals surface area contributed by atoms with Crippen LogP contribution in [0.15, 0.2) is 23.2 Å². The van der Waals surface area contributed by atoms with Gasteiger partial charge in [0.2, 0.25) is 0 Å². The smallest absolute Gasteiger partial charge is 0.290 e. The van der Waals surface area contributed by atoms with E-state index >= 15 is 0 Å². The Bertz CT molecular complexity index is 709. The number of nitrogens with zero attached hydrogens (tertiary/aromatic N) is 2. The lowest BCUT2D eigenvalue weighted by atomic mass is 9.84. The number of carboxylic acid groups (broad SMARTS) is 1. The van der Waals surface area contributed by atoms with Gasteiger partial charge in [-0.3, -0.25) is 9.59 Å². The summed E-state index contributed by atoms with van der Waals surface area (Å²) in [5, 5.41) is 18.0. The highest BCUT2D eigenvalue weighted by molar-refractivity contribution is 7.10. The molecule has 2 N–H and O–H groups in total. The first-order valence-corrected chi connectivity index (χ1v) is 11.6. The number of aliphatic hydroxyl groups excluding tert-OH is 1. The number of amides is 1. The minimum absolute atomic E-state index is 0.211. The predicted octanol–water partition coefficient (Wildman–Crippen LogP) is 3.54. The molecule has 1 aromatic heterocycles. The van der Waals surface area contributed by atoms with Crippen LogP contribution >= 0.6 is 11.3 Å². The second-order valence-electron chi connectivity index (χ2n) is 8.04. The Morgan fingerprint density at radius 2 is 1.86 bits per heavy atom. The highest BCUT2D eigenvalue weighted by Gasteiger charge is 2.31. The third-order valence-electron chi connectivity index (χ3n) is 6.29. The van der Waals surface area contributed by atoms with Crippen LogP contribution in [0.5, 0.6) is 0 Å². The van der Waals surface area contributed by atoms with Crippen LogP contribution in [0.4, 0.5) is 0 Å². The van der Waals surface area contributed by atoms with E-state index in [1.165, 1.54) is 29.8 Å². The van der Waals surface area contributed by atoms with Crippen molar-refractivity contribution >= 4 is 23.7 Å². The summed E-state index contributed by atoms with van der Waals surface area (Å²) in [6, 6.07) is 2.16. The number of piperidine rings is 2. The van der Waals surface area contributed by atoms with Gasteiger partial charge in [0.1, 0.15) is 0 Å². The molecule has 0 aromatic carbocycles. The van der Waals surface area contributed by atoms with Crippen LogP contribution in [0, 0.1) is 5.92 Å². The second kappa shape index (κ2) is 10.9. The van der Waals surface area contributed by atoms with Crippen LogP contribution in [0.25, 0.3) is 0 Å². The number of rotatable bonds is 4. The third kappa shape index (κ3) is 5.47. The summed E-state index contributed by atoms with van der Waals surface area (Å²) in [6.45, 7) is 3.76. The topological polar surface area (TPSA) is 81.1 Å². The number of hydrogen-bond donors (Lipinski definition) is 2. The van der Waals surface area contributed by atoms with Gasteiger partial charge in [-0.25, -0.2) is 0 Å². The highest BCUT2D eigenvalue weighted by Crippen LogP contribution is 2.37. The van der Waals surface area contributed by atoms with Gasteiger partial charge in [-0.1, -0.05) is 6.08 Å². The van der Waals surface area contributed by atoms with Crippen molar-refractivity contribution in [3.05, 3.63) is 33.7 Å². The van der Waals surface area contributed by atoms with Crippen molar-refractivity contribution in [1.29, 1.82) is 0 Å². The third-order valence-corrected chi connectivity index (χ3v) is 7.39. The van der Waals surface area contributed by atoms with Gasteiger partial charge < -0.3 is 20.0 Å². The standard InChI is InChI=1S/C21H30N2O2S.CH2O2/c24-13-12-22-10-7-17(8-11-22)20-14-18(15-26-20)21(25)23-9-3-5-16-4-1-2-6-19(16)23;2-1-3/h6,14-17,24H,1-5,7-13H2;1H,(H,2,3). The number of allylic oxidation sites excluding steroid dienone is 2. The first kappa shape index (κ1) is 22.0. The Morgan fingerprint density at radius 3 is 2.59 bits per heavy atom. The summed E-state index contributed by atoms with van der Waals surface area (Å²) in [5.74, 6) is 1.39. The number of carbonyl (C=O) groups is 2. The molecule has 7 heteroatoms. The summed E-state index contributed by atoms with van der Waals surface area (Å²) < 4.78 is 0. The molecule has 1 amide bonds. The van der Waals surface area contributed by atoms with Crippen molar-refractivity contribution in [3.63, 3.8) is 0 Å². The van der Waals surface area contributed by atoms with Crippen LogP contribution in [-0.2, 0) is 4.79 Å². The van der Waals surface area contributed by atoms with Gasteiger partial charge in [0.15, 0.2) is 0 Å². The van der Waals surface area contributed by atoms with Crippen LogP contribution in [-0.4, -0.2) is 65.2 Å². The fourth-order valence-electron chi connectivity index (χ4n) is 4.81. The lowest BCUT2D eigenvalue weighted by Crippen LogP contribution is -2.38. The molecule has 6 nitrogen and oxygen atoms in total. The number of likely N-dealkylation sites (tertiary alicyclic amines) is 2. The summed E-state index contributed by atoms with van der Waals surface area (Å²) >= 11 is 1.76. The molecule has 160 valence electrons. The molecule has 2 aliphatic heterocycles. The van der Waals surface area contributed by atoms with Gasteiger partial charge in [0.25, 0.3) is 12.4 Å². The SMILES string of the molecule is O=C(c1csc(C2CCN(CCO)CC2)c1)N1CCCC2CCCC=C21.O=CO. The van der Waals surface area contributed by atoms with Gasteiger partial charge in [-0.05, 0) is 75.9 Å². The van der Waals surface area contributed by atoms with Crippen molar-refractivity contribution in [1.82, 2.24) is 9.80 Å². The van der Waals surface area contributed by atoms with Gasteiger partial charge >= 0.3 is 0 Å². The van der Waals surface area contributed by atoms with Crippen LogP contribution in [0.1, 0.15) is 66.1 Å². The number of hydrogen-bond acceptors (Lipinski definition) is 5. The van der Waals surface area contributed by atoms with Crippen LogP contribution < -0.4 is 0 Å². The van der Waals surface area contributed by atoms with Gasteiger partial charge in [0.05, 0.1) is 12.2 Å². The summed E-state index contributed by atoms with van der Waals surface area (Å²) in [5.41, 5.74) is 2.19. The summed E-state index contributed by atoms with van der Waals surface area (Å²) in [4.78, 5) is 27.3. The Hall–Kier alpha value is -1.70. The number of thiophene rings is 1. The van der Waals surface area contributed by atoms with Crippen molar-refractivity contribution in [2.75, 3.05) is 32.8 Å². The lowest BCUT2D eigenvalue weighted by molar-refractivity contribution is -0.122. The maximum absolute atomic E-state index is 13.1. The Kier molecular flexibility index (Phi) is 8.27. The lowest BCUT2D eigenvalue weighted by Gasteiger charge is -2.37. The maximum Gasteiger partial charge on any atom is 0.290 e. The summed E-state index contributed by atoms with van der Waals surface area (Å²) in [6.07, 6.45) is 10.6. The van der Waals surface area contributed by atoms with Gasteiger partial charge in [0, 0.05) is 29.0 Å². The Morgan fingerprint density at radius 1 is 1.14 bits per heavy atom. The second-order valence-corrected chi connectivity index (χ2v) is 8.98. The molecule has 1 unspecified atom stereocenters. The molecule has 2 fully saturated rings. The molecular weight excluding hydrogens is 388 g/mol. The molecule has 0 bridgehead atoms. The van der Waals surface area contributed by atoms with E-state index in [0.717, 1.165) is 57.4 Å². The average Bonchev–Trinajstić information content (AvgIpc) is 3.24. The van der Waals surface area contributed by atoms with E-state index in [1.54, 1.807) is 11.3 Å². The fraction of sp³-hybridized carbons (Fsp3) is 0.636. The molecule has 1 aromatic rings. The van der Waals surface area contributed by atoms with Crippen molar-refractivity contribution in [2.45, 2.75) is 50.9 Å². The quantitative estimate of drug-likeness (QED) is 0.728. The summed E-state index contributed by atoms with van der Waals surface area (Å²) in [7, 11) is 0. The minimum atomic E-state index is -0.250. The molecule has 0 spiro atoms. The van der Waals surface area contributed by atoms with Crippen molar-refractivity contribution < 1.29 is 19.8 Å². The largest absolute Gasteiger partial charge is 0.483 e. The average molecular weight is 421 g/mol. The van der Waals surface area contributed by atoms with E-state index in [1.807, 2.05) is 0 Å². The Labute approximate surface area is 176 Å². The minimum Gasteiger partial charge on any atom is -0.483 e. The van der Waals surface area contributed by atoms with E-state index in [-0.39, 0.29) is 19.0 Å². The zero-order chi connectivity index (χ0) is 20.6. The van der Waals surface area contributed by atoms with Crippen LogP contribution in [0.2, 0.25) is 0 Å². The molecule has 0 radical (unpaired) electrons. The van der Waals surface area contributed by atoms with E-state index in [4.69, 9.17) is 15.0 Å². The zero-order valence-corrected chi connectivity index (χ0v) is 17.8. The van der Waals surface area contributed by atoms with Crippen LogP contribution in [0.3, 0.4) is 0 Å². The number of carbonyl (C=O) groups excluding carboxylic acids is 1. The van der Waals surface area contributed by atoms with E-state index < -0.39 is 0 Å². The highest BCUT2D eigenvalue weighted by atomic mass is 32.1. The molecular formula is C22H32N2O4S. The zero-order valence-electron chi connectivity index (χ0n) is 17.0.